The summed E-state index contributed by atoms with van der Waals surface area (Å²) >= 11 is 0. The molecule has 2 aliphatic heterocycles. The molecule has 3 heterocycles. The van der Waals surface area contributed by atoms with Gasteiger partial charge in [0.05, 0.1) is 31.7 Å². The van der Waals surface area contributed by atoms with Crippen LogP contribution in [0.2, 0.25) is 0 Å². The van der Waals surface area contributed by atoms with Crippen LogP contribution in [0.5, 0.6) is 0 Å². The number of sulfonamides is 1. The minimum absolute atomic E-state index is 0.0319. The van der Waals surface area contributed by atoms with Crippen LogP contribution in [0.4, 0.5) is 6.01 Å². The number of aromatic nitrogens is 1. The lowest BCUT2D eigenvalue weighted by molar-refractivity contribution is -0.0785. The molecule has 0 spiro atoms. The van der Waals surface area contributed by atoms with E-state index in [1.807, 2.05) is 29.2 Å². The van der Waals surface area contributed by atoms with Gasteiger partial charge in [0.25, 0.3) is 6.01 Å². The third kappa shape index (κ3) is 3.85. The van der Waals surface area contributed by atoms with Crippen molar-refractivity contribution in [2.45, 2.75) is 12.5 Å². The van der Waals surface area contributed by atoms with Gasteiger partial charge in [-0.1, -0.05) is 12.1 Å². The molecule has 0 saturated carbocycles. The first-order valence-corrected chi connectivity index (χ1v) is 10.5. The maximum Gasteiger partial charge on any atom is 0.298 e. The lowest BCUT2D eigenvalue weighted by atomic mass is 10.3. The molecular weight excluding hydrogens is 358 g/mol. The third-order valence-corrected chi connectivity index (χ3v) is 6.63. The van der Waals surface area contributed by atoms with Crippen molar-refractivity contribution >= 4 is 27.1 Å². The van der Waals surface area contributed by atoms with Crippen molar-refractivity contribution in [2.75, 3.05) is 56.7 Å². The Morgan fingerprint density at radius 1 is 1.12 bits per heavy atom. The Morgan fingerprint density at radius 3 is 2.81 bits per heavy atom. The molecule has 26 heavy (non-hydrogen) atoms. The normalized spacial score (nSPS) is 23.2. The number of para-hydroxylation sites is 2. The quantitative estimate of drug-likeness (QED) is 0.783. The van der Waals surface area contributed by atoms with E-state index in [9.17, 15) is 8.42 Å². The summed E-state index contributed by atoms with van der Waals surface area (Å²) in [6, 6.07) is 8.16. The molecule has 1 aromatic carbocycles. The van der Waals surface area contributed by atoms with Gasteiger partial charge in [-0.3, -0.25) is 0 Å². The van der Waals surface area contributed by atoms with E-state index < -0.39 is 10.0 Å². The molecular formula is C17H23N3O5S. The van der Waals surface area contributed by atoms with Crippen molar-refractivity contribution in [3.8, 4) is 0 Å². The molecule has 2 aliphatic rings. The van der Waals surface area contributed by atoms with E-state index in [2.05, 4.69) is 4.98 Å². The van der Waals surface area contributed by atoms with Crippen molar-refractivity contribution in [3.63, 3.8) is 0 Å². The van der Waals surface area contributed by atoms with Gasteiger partial charge in [0, 0.05) is 26.2 Å². The van der Waals surface area contributed by atoms with E-state index in [-0.39, 0.29) is 11.9 Å². The summed E-state index contributed by atoms with van der Waals surface area (Å²) in [5, 5.41) is 0. The number of hydrogen-bond donors (Lipinski definition) is 0. The molecule has 0 bridgehead atoms. The number of oxazole rings is 1. The van der Waals surface area contributed by atoms with Crippen LogP contribution in [0.1, 0.15) is 6.42 Å². The lowest BCUT2D eigenvalue weighted by Crippen LogP contribution is -2.42. The molecule has 0 N–H and O–H groups in total. The predicted octanol–water partition coefficient (Wildman–Crippen LogP) is 1.09. The highest BCUT2D eigenvalue weighted by molar-refractivity contribution is 7.89. The molecule has 2 aromatic rings. The largest absolute Gasteiger partial charge is 0.423 e. The summed E-state index contributed by atoms with van der Waals surface area (Å²) in [7, 11) is -3.39. The number of hydrogen-bond acceptors (Lipinski definition) is 7. The molecule has 8 nitrogen and oxygen atoms in total. The van der Waals surface area contributed by atoms with Gasteiger partial charge in [0.1, 0.15) is 5.52 Å². The van der Waals surface area contributed by atoms with E-state index in [0.29, 0.717) is 52.0 Å². The number of nitrogens with zero attached hydrogens (tertiary/aromatic N) is 3. The van der Waals surface area contributed by atoms with E-state index >= 15 is 0 Å². The Kier molecular flexibility index (Phi) is 5.12. The van der Waals surface area contributed by atoms with Crippen LogP contribution in [0, 0.1) is 0 Å². The van der Waals surface area contributed by atoms with Crippen LogP contribution in [-0.4, -0.2) is 75.6 Å². The number of benzene rings is 1. The van der Waals surface area contributed by atoms with Gasteiger partial charge >= 0.3 is 0 Å². The first-order valence-electron chi connectivity index (χ1n) is 8.89. The number of rotatable bonds is 4. The second kappa shape index (κ2) is 7.51. The summed E-state index contributed by atoms with van der Waals surface area (Å²) < 4.78 is 43.6. The third-order valence-electron chi connectivity index (χ3n) is 4.68. The summed E-state index contributed by atoms with van der Waals surface area (Å²) in [4.78, 5) is 6.52. The second-order valence-corrected chi connectivity index (χ2v) is 8.56. The van der Waals surface area contributed by atoms with Crippen molar-refractivity contribution in [2.24, 2.45) is 0 Å². The molecule has 1 aromatic heterocycles. The van der Waals surface area contributed by atoms with Crippen molar-refractivity contribution < 1.29 is 22.3 Å². The molecule has 1 unspecified atom stereocenters. The van der Waals surface area contributed by atoms with Gasteiger partial charge in [-0.25, -0.2) is 8.42 Å². The van der Waals surface area contributed by atoms with Gasteiger partial charge in [0.15, 0.2) is 5.58 Å². The summed E-state index contributed by atoms with van der Waals surface area (Å²) in [5.41, 5.74) is 1.55. The highest BCUT2D eigenvalue weighted by atomic mass is 32.2. The zero-order chi connectivity index (χ0) is 18.0. The van der Waals surface area contributed by atoms with E-state index in [1.165, 1.54) is 0 Å². The standard InChI is InChI=1S/C17H23N3O5S/c21-26(22,13-14-12-23-10-11-24-14)20-7-3-6-19(8-9-20)17-18-15-4-1-2-5-16(15)25-17/h1-2,4-5,14H,3,6-13H2. The first kappa shape index (κ1) is 17.7. The minimum Gasteiger partial charge on any atom is -0.423 e. The topological polar surface area (TPSA) is 85.1 Å². The Balaban J connectivity index is 1.42. The van der Waals surface area contributed by atoms with Crippen molar-refractivity contribution in [1.29, 1.82) is 0 Å². The monoisotopic (exact) mass is 381 g/mol. The number of fused-ring (bicyclic) bond motifs is 1. The fourth-order valence-corrected chi connectivity index (χ4v) is 4.97. The predicted molar refractivity (Wildman–Crippen MR) is 96.8 cm³/mol. The molecule has 142 valence electrons. The molecule has 0 amide bonds. The van der Waals surface area contributed by atoms with Gasteiger partial charge in [-0.2, -0.15) is 9.29 Å². The summed E-state index contributed by atoms with van der Waals surface area (Å²) in [6.45, 7) is 3.48. The Morgan fingerprint density at radius 2 is 2.00 bits per heavy atom. The fraction of sp³-hybridized carbons (Fsp3) is 0.588. The molecule has 0 aliphatic carbocycles. The molecule has 2 fully saturated rings. The highest BCUT2D eigenvalue weighted by Gasteiger charge is 2.30. The van der Waals surface area contributed by atoms with Crippen LogP contribution in [0.3, 0.4) is 0 Å². The Bertz CT molecular complexity index is 814. The van der Waals surface area contributed by atoms with E-state index in [4.69, 9.17) is 13.9 Å². The van der Waals surface area contributed by atoms with Crippen LogP contribution in [0.15, 0.2) is 28.7 Å². The molecule has 9 heteroatoms. The maximum atomic E-state index is 12.7. The van der Waals surface area contributed by atoms with E-state index in [0.717, 1.165) is 17.5 Å². The average molecular weight is 381 g/mol. The van der Waals surface area contributed by atoms with Crippen LogP contribution in [0.25, 0.3) is 11.1 Å². The van der Waals surface area contributed by atoms with Gasteiger partial charge < -0.3 is 18.8 Å². The SMILES string of the molecule is O=S(=O)(CC1COCCO1)N1CCCN(c2nc3ccccc3o2)CC1. The van der Waals surface area contributed by atoms with Crippen LogP contribution in [-0.2, 0) is 19.5 Å². The van der Waals surface area contributed by atoms with Gasteiger partial charge in [0.2, 0.25) is 10.0 Å². The highest BCUT2D eigenvalue weighted by Crippen LogP contribution is 2.23. The molecule has 1 atom stereocenters. The zero-order valence-electron chi connectivity index (χ0n) is 14.5. The Hall–Kier alpha value is -1.68. The smallest absolute Gasteiger partial charge is 0.298 e. The average Bonchev–Trinajstić information content (AvgIpc) is 2.90. The van der Waals surface area contributed by atoms with Crippen molar-refractivity contribution in [3.05, 3.63) is 24.3 Å². The Labute approximate surface area is 152 Å². The summed E-state index contributed by atoms with van der Waals surface area (Å²) in [5.74, 6) is -0.0319. The number of ether oxygens (including phenoxy) is 2. The zero-order valence-corrected chi connectivity index (χ0v) is 15.4. The van der Waals surface area contributed by atoms with Gasteiger partial charge in [-0.05, 0) is 18.6 Å². The summed E-state index contributed by atoms with van der Waals surface area (Å²) in [6.07, 6.45) is 0.338. The molecule has 0 radical (unpaired) electrons. The lowest BCUT2D eigenvalue weighted by Gasteiger charge is -2.26. The second-order valence-electron chi connectivity index (χ2n) is 6.55. The first-order chi connectivity index (χ1) is 12.6. The molecule has 4 rings (SSSR count). The van der Waals surface area contributed by atoms with Crippen LogP contribution >= 0.6 is 0 Å². The van der Waals surface area contributed by atoms with Crippen molar-refractivity contribution in [1.82, 2.24) is 9.29 Å². The van der Waals surface area contributed by atoms with Crippen LogP contribution < -0.4 is 4.90 Å². The minimum atomic E-state index is -3.39. The maximum absolute atomic E-state index is 12.7. The van der Waals surface area contributed by atoms with E-state index in [1.54, 1.807) is 4.31 Å². The van der Waals surface area contributed by atoms with Gasteiger partial charge in [-0.15, -0.1) is 0 Å². The number of anilines is 1. The molecule has 2 saturated heterocycles. The fourth-order valence-electron chi connectivity index (χ4n) is 3.33.